The predicted molar refractivity (Wildman–Crippen MR) is 52.6 cm³/mol. The molecule has 9 heteroatoms. The van der Waals surface area contributed by atoms with Gasteiger partial charge in [0.05, 0.1) is 0 Å². The number of alkyl halides is 3. The zero-order valence-electron chi connectivity index (χ0n) is 7.08. The summed E-state index contributed by atoms with van der Waals surface area (Å²) in [7, 11) is -5.97. The van der Waals surface area contributed by atoms with Gasteiger partial charge in [0.2, 0.25) is 0 Å². The van der Waals surface area contributed by atoms with Crippen LogP contribution in [0.4, 0.5) is 13.2 Å². The molecule has 1 radical (unpaired) electrons. The van der Waals surface area contributed by atoms with Gasteiger partial charge in [-0.05, 0) is 0 Å². The molecule has 0 saturated heterocycles. The molecule has 0 atom stereocenters. The van der Waals surface area contributed by atoms with Crippen LogP contribution in [0.5, 0.6) is 0 Å². The van der Waals surface area contributed by atoms with Crippen LogP contribution in [-0.2, 0) is 31.2 Å². The monoisotopic (exact) mass is 449 g/mol. The summed E-state index contributed by atoms with van der Waals surface area (Å²) in [5.41, 5.74) is -5.65. The summed E-state index contributed by atoms with van der Waals surface area (Å²) in [6.45, 7) is 6.81. The molecule has 101 valence electrons. The van der Waals surface area contributed by atoms with E-state index in [9.17, 15) is 13.2 Å². The molecule has 0 aromatic heterocycles. The fourth-order valence-electron chi connectivity index (χ4n) is 0. The average Bonchev–Trinajstić information content (AvgIpc) is 1.55. The fourth-order valence-corrected chi connectivity index (χ4v) is 0. The Bertz CT molecular complexity index is 213. The van der Waals surface area contributed by atoms with E-state index in [4.69, 9.17) is 13.0 Å². The molecule has 0 fully saturated rings. The van der Waals surface area contributed by atoms with Gasteiger partial charge in [0.1, 0.15) is 0 Å². The Morgan fingerprint density at radius 3 is 1.13 bits per heavy atom. The van der Waals surface area contributed by atoms with Crippen molar-refractivity contribution >= 4 is 18.9 Å². The van der Waals surface area contributed by atoms with Crippen molar-refractivity contribution in [1.29, 1.82) is 0 Å². The van der Waals surface area contributed by atoms with E-state index in [-0.39, 0.29) is 44.7 Å². The third-order valence-electron chi connectivity index (χ3n) is 0.283. The minimum atomic E-state index is -6.09. The van der Waals surface area contributed by atoms with Crippen LogP contribution in [-0.4, -0.2) is 27.3 Å². The second-order valence-corrected chi connectivity index (χ2v) is 6.77. The molecule has 0 saturated carbocycles. The molecular formula is C6H17F3O3PtSSi-. The third-order valence-corrected chi connectivity index (χ3v) is 0.850. The first kappa shape index (κ1) is 29.6. The molecule has 3 nitrogen and oxygen atoms in total. The molecular weight excluding hydrogens is 432 g/mol. The number of hydrogen-bond donors (Lipinski definition) is 0. The van der Waals surface area contributed by atoms with E-state index >= 15 is 0 Å². The summed E-state index contributed by atoms with van der Waals surface area (Å²) in [5, 5.41) is 0. The van der Waals surface area contributed by atoms with Crippen molar-refractivity contribution in [3.63, 3.8) is 0 Å². The molecule has 15 heavy (non-hydrogen) atoms. The van der Waals surface area contributed by atoms with Crippen molar-refractivity contribution < 1.29 is 47.2 Å². The number of halogens is 3. The Labute approximate surface area is 106 Å². The topological polar surface area (TPSA) is 57.2 Å². The Morgan fingerprint density at radius 2 is 1.13 bits per heavy atom. The minimum Gasteiger partial charge on any atom is -0.741 e. The van der Waals surface area contributed by atoms with Crippen molar-refractivity contribution in [2.45, 2.75) is 40.0 Å². The van der Waals surface area contributed by atoms with Crippen molar-refractivity contribution in [3.05, 3.63) is 0 Å². The molecule has 0 N–H and O–H groups in total. The maximum Gasteiger partial charge on any atom is 0.485 e. The SMILES string of the molecule is C.C.C[Si](C)C.O=S(=O)([O-])C(F)(F)F.[Pt]. The van der Waals surface area contributed by atoms with Crippen LogP contribution < -0.4 is 0 Å². The first-order valence-corrected chi connectivity index (χ1v) is 7.18. The van der Waals surface area contributed by atoms with Crippen molar-refractivity contribution in [3.8, 4) is 0 Å². The second kappa shape index (κ2) is 11.1. The van der Waals surface area contributed by atoms with Gasteiger partial charge in [0, 0.05) is 29.9 Å². The van der Waals surface area contributed by atoms with Gasteiger partial charge in [-0.3, -0.25) is 0 Å². The molecule has 0 aliphatic carbocycles. The van der Waals surface area contributed by atoms with Crippen LogP contribution >= 0.6 is 0 Å². The van der Waals surface area contributed by atoms with Crippen LogP contribution in [0.3, 0.4) is 0 Å². The van der Waals surface area contributed by atoms with E-state index < -0.39 is 15.6 Å². The molecule has 0 aromatic rings. The van der Waals surface area contributed by atoms with Crippen LogP contribution in [0.25, 0.3) is 0 Å². The molecule has 0 spiro atoms. The molecule has 0 bridgehead atoms. The van der Waals surface area contributed by atoms with Gasteiger partial charge in [0.15, 0.2) is 10.1 Å². The molecule has 0 aromatic carbocycles. The summed E-state index contributed by atoms with van der Waals surface area (Å²) < 4.78 is 58.9. The summed E-state index contributed by atoms with van der Waals surface area (Å²) in [5.74, 6) is 0. The standard InChI is InChI=1S/C3H9Si.CHF3O3S.2CH4.Pt/c1-4(2)3;2-1(3,4)8(5,6)7;;;/h1-3H3;(H,5,6,7);2*1H4;/p-1. The fraction of sp³-hybridized carbons (Fsp3) is 1.00. The van der Waals surface area contributed by atoms with Crippen molar-refractivity contribution in [2.24, 2.45) is 0 Å². The zero-order chi connectivity index (χ0) is 10.6. The summed E-state index contributed by atoms with van der Waals surface area (Å²) in [6, 6.07) is 0. The minimum absolute atomic E-state index is 0. The number of hydrogen-bond acceptors (Lipinski definition) is 3. The quantitative estimate of drug-likeness (QED) is 0.325. The molecule has 0 aliphatic rings. The summed E-state index contributed by atoms with van der Waals surface area (Å²) >= 11 is 0. The largest absolute Gasteiger partial charge is 0.741 e. The molecule has 0 heterocycles. The Hall–Kier alpha value is 0.605. The van der Waals surface area contributed by atoms with E-state index in [1.807, 2.05) is 0 Å². The van der Waals surface area contributed by atoms with Crippen LogP contribution in [0, 0.1) is 0 Å². The van der Waals surface area contributed by atoms with Gasteiger partial charge in [-0.1, -0.05) is 34.5 Å². The molecule has 0 aliphatic heterocycles. The second-order valence-electron chi connectivity index (χ2n) is 2.40. The smallest absolute Gasteiger partial charge is 0.485 e. The normalized spacial score (nSPS) is 9.87. The predicted octanol–water partition coefficient (Wildman–Crippen LogP) is 2.69. The van der Waals surface area contributed by atoms with Gasteiger partial charge in [-0.2, -0.15) is 13.2 Å². The van der Waals surface area contributed by atoms with Crippen molar-refractivity contribution in [1.82, 2.24) is 0 Å². The van der Waals surface area contributed by atoms with E-state index in [2.05, 4.69) is 19.6 Å². The zero-order valence-corrected chi connectivity index (χ0v) is 11.2. The summed E-state index contributed by atoms with van der Waals surface area (Å²) in [4.78, 5) is 0. The maximum atomic E-state index is 10.7. The van der Waals surface area contributed by atoms with Crippen LogP contribution in [0.15, 0.2) is 0 Å². The van der Waals surface area contributed by atoms with Gasteiger partial charge < -0.3 is 4.55 Å². The summed E-state index contributed by atoms with van der Waals surface area (Å²) in [6.07, 6.45) is 0. The van der Waals surface area contributed by atoms with Gasteiger partial charge in [0.25, 0.3) is 0 Å². The first-order chi connectivity index (χ1) is 4.98. The van der Waals surface area contributed by atoms with E-state index in [1.54, 1.807) is 0 Å². The molecule has 0 rings (SSSR count). The Morgan fingerprint density at radius 1 is 1.07 bits per heavy atom. The number of rotatable bonds is 0. The van der Waals surface area contributed by atoms with Gasteiger partial charge in [-0.15, -0.1) is 0 Å². The van der Waals surface area contributed by atoms with Crippen molar-refractivity contribution in [2.75, 3.05) is 0 Å². The molecule has 0 amide bonds. The van der Waals surface area contributed by atoms with E-state index in [0.717, 1.165) is 0 Å². The third kappa shape index (κ3) is 25.2. The van der Waals surface area contributed by atoms with Gasteiger partial charge >= 0.3 is 5.51 Å². The van der Waals surface area contributed by atoms with Gasteiger partial charge in [-0.25, -0.2) is 8.42 Å². The van der Waals surface area contributed by atoms with Crippen LogP contribution in [0.1, 0.15) is 14.9 Å². The van der Waals surface area contributed by atoms with E-state index in [0.29, 0.717) is 0 Å². The Balaban J connectivity index is -0.0000000424. The Kier molecular flexibility index (Phi) is 21.9. The molecule has 0 unspecified atom stereocenters. The maximum absolute atomic E-state index is 10.7. The average molecular weight is 449 g/mol. The van der Waals surface area contributed by atoms with Crippen LogP contribution in [0.2, 0.25) is 19.6 Å². The van der Waals surface area contributed by atoms with E-state index in [1.165, 1.54) is 0 Å². The first-order valence-electron chi connectivity index (χ1n) is 2.77.